The summed E-state index contributed by atoms with van der Waals surface area (Å²) < 4.78 is 32.6. The summed E-state index contributed by atoms with van der Waals surface area (Å²) in [5.41, 5.74) is -0.396. The number of carbonyl (C=O) groups is 1. The molecule has 0 spiro atoms. The lowest BCUT2D eigenvalue weighted by molar-refractivity contribution is -0.0524. The van der Waals surface area contributed by atoms with Crippen molar-refractivity contribution >= 4 is 37.6 Å². The van der Waals surface area contributed by atoms with E-state index in [1.807, 2.05) is 0 Å². The lowest BCUT2D eigenvalue weighted by Crippen LogP contribution is -2.46. The van der Waals surface area contributed by atoms with Crippen LogP contribution in [0.25, 0.3) is 0 Å². The molecule has 0 bridgehead atoms. The van der Waals surface area contributed by atoms with Crippen molar-refractivity contribution in [1.82, 2.24) is 0 Å². The topological polar surface area (TPSA) is 92.7 Å². The Kier molecular flexibility index (Phi) is 4.60. The molecule has 0 saturated heterocycles. The number of aromatic carboxylic acids is 1. The molecule has 0 amide bonds. The lowest BCUT2D eigenvalue weighted by atomic mass is 9.82. The second-order valence-corrected chi connectivity index (χ2v) is 7.77. The van der Waals surface area contributed by atoms with Gasteiger partial charge < -0.3 is 9.84 Å². The molecule has 1 aliphatic carbocycles. The van der Waals surface area contributed by atoms with Gasteiger partial charge in [0.1, 0.15) is 0 Å². The third-order valence-electron chi connectivity index (χ3n) is 3.57. The first kappa shape index (κ1) is 16.3. The van der Waals surface area contributed by atoms with Crippen LogP contribution in [-0.2, 0) is 14.8 Å². The van der Waals surface area contributed by atoms with E-state index >= 15 is 0 Å². The Hall–Kier alpha value is -1.12. The number of rotatable bonds is 6. The lowest BCUT2D eigenvalue weighted by Gasteiger charge is -2.39. The number of hydrogen-bond donors (Lipinski definition) is 2. The van der Waals surface area contributed by atoms with Crippen LogP contribution in [0.2, 0.25) is 0 Å². The van der Waals surface area contributed by atoms with Crippen LogP contribution in [0.1, 0.15) is 29.6 Å². The van der Waals surface area contributed by atoms with Gasteiger partial charge in [-0.3, -0.25) is 4.72 Å². The summed E-state index contributed by atoms with van der Waals surface area (Å²) in [5.74, 6) is -1.25. The number of carboxylic acid groups (broad SMARTS) is 1. The predicted molar refractivity (Wildman–Crippen MR) is 82.1 cm³/mol. The number of hydrogen-bond acceptors (Lipinski definition) is 4. The second-order valence-electron chi connectivity index (χ2n) is 5.14. The molecular weight excluding hydrogens is 362 g/mol. The van der Waals surface area contributed by atoms with Gasteiger partial charge in [-0.25, -0.2) is 13.2 Å². The molecule has 0 aromatic heterocycles. The summed E-state index contributed by atoms with van der Waals surface area (Å²) in [6.45, 7) is 0. The van der Waals surface area contributed by atoms with Gasteiger partial charge in [0.2, 0.25) is 10.0 Å². The minimum absolute atomic E-state index is 0.00664. The van der Waals surface area contributed by atoms with Gasteiger partial charge in [-0.05, 0) is 37.5 Å². The Morgan fingerprint density at radius 2 is 2.10 bits per heavy atom. The molecule has 116 valence electrons. The minimum atomic E-state index is -3.61. The van der Waals surface area contributed by atoms with Crippen molar-refractivity contribution in [3.8, 4) is 0 Å². The Balaban J connectivity index is 2.18. The summed E-state index contributed by atoms with van der Waals surface area (Å²) in [6, 6.07) is 4.21. The average Bonchev–Trinajstić information content (AvgIpc) is 2.32. The van der Waals surface area contributed by atoms with Crippen LogP contribution in [-0.4, -0.2) is 38.0 Å². The number of methoxy groups -OCH3 is 1. The maximum Gasteiger partial charge on any atom is 0.335 e. The number of halogens is 1. The van der Waals surface area contributed by atoms with Gasteiger partial charge in [0.25, 0.3) is 0 Å². The standard InChI is InChI=1S/C13H16BrNO5S/c1-20-13(3-2-4-13)8-21(18,19)15-11-6-9(12(16)17)5-10(14)7-11/h5-7,15H,2-4,8H2,1H3,(H,16,17). The first-order valence-electron chi connectivity index (χ1n) is 6.35. The number of carboxylic acids is 1. The maximum absolute atomic E-state index is 12.2. The van der Waals surface area contributed by atoms with Crippen LogP contribution in [0.15, 0.2) is 22.7 Å². The number of benzene rings is 1. The van der Waals surface area contributed by atoms with Gasteiger partial charge in [-0.15, -0.1) is 0 Å². The van der Waals surface area contributed by atoms with E-state index in [0.717, 1.165) is 6.42 Å². The van der Waals surface area contributed by atoms with E-state index in [9.17, 15) is 13.2 Å². The quantitative estimate of drug-likeness (QED) is 0.793. The highest BCUT2D eigenvalue weighted by molar-refractivity contribution is 9.10. The molecule has 0 unspecified atom stereocenters. The van der Waals surface area contributed by atoms with E-state index in [-0.39, 0.29) is 17.0 Å². The fraction of sp³-hybridized carbons (Fsp3) is 0.462. The summed E-state index contributed by atoms with van der Waals surface area (Å²) in [7, 11) is -2.10. The Morgan fingerprint density at radius 3 is 2.57 bits per heavy atom. The van der Waals surface area contributed by atoms with Crippen LogP contribution in [0.4, 0.5) is 5.69 Å². The first-order valence-corrected chi connectivity index (χ1v) is 8.79. The highest BCUT2D eigenvalue weighted by Gasteiger charge is 2.41. The first-order chi connectivity index (χ1) is 9.75. The van der Waals surface area contributed by atoms with E-state index in [1.54, 1.807) is 0 Å². The molecule has 2 N–H and O–H groups in total. The Labute approximate surface area is 131 Å². The van der Waals surface area contributed by atoms with Crippen LogP contribution in [0, 0.1) is 0 Å². The summed E-state index contributed by atoms with van der Waals surface area (Å²) in [4.78, 5) is 11.0. The molecule has 0 heterocycles. The van der Waals surface area contributed by atoms with Gasteiger partial charge in [0, 0.05) is 11.6 Å². The van der Waals surface area contributed by atoms with Crippen LogP contribution >= 0.6 is 15.9 Å². The molecule has 0 atom stereocenters. The minimum Gasteiger partial charge on any atom is -0.478 e. The van der Waals surface area contributed by atoms with E-state index in [1.165, 1.54) is 25.3 Å². The van der Waals surface area contributed by atoms with Gasteiger partial charge in [0.05, 0.1) is 22.6 Å². The molecule has 6 nitrogen and oxygen atoms in total. The molecule has 1 aromatic carbocycles. The molecule has 1 aromatic rings. The third kappa shape index (κ3) is 3.96. The highest BCUT2D eigenvalue weighted by Crippen LogP contribution is 2.36. The van der Waals surface area contributed by atoms with Crippen molar-refractivity contribution in [2.24, 2.45) is 0 Å². The fourth-order valence-corrected chi connectivity index (χ4v) is 4.45. The van der Waals surface area contributed by atoms with Crippen molar-refractivity contribution in [3.05, 3.63) is 28.2 Å². The van der Waals surface area contributed by atoms with Crippen molar-refractivity contribution < 1.29 is 23.1 Å². The second kappa shape index (κ2) is 5.94. The highest BCUT2D eigenvalue weighted by atomic mass is 79.9. The molecule has 0 aliphatic heterocycles. The normalized spacial score (nSPS) is 17.0. The number of ether oxygens (including phenoxy) is 1. The van der Waals surface area contributed by atoms with Crippen molar-refractivity contribution in [2.75, 3.05) is 17.6 Å². The van der Waals surface area contributed by atoms with Crippen LogP contribution in [0.5, 0.6) is 0 Å². The largest absolute Gasteiger partial charge is 0.478 e. The average molecular weight is 378 g/mol. The van der Waals surface area contributed by atoms with E-state index in [4.69, 9.17) is 9.84 Å². The van der Waals surface area contributed by atoms with Gasteiger partial charge in [-0.2, -0.15) is 0 Å². The molecule has 1 fully saturated rings. The van der Waals surface area contributed by atoms with E-state index in [2.05, 4.69) is 20.7 Å². The molecule has 8 heteroatoms. The monoisotopic (exact) mass is 377 g/mol. The smallest absolute Gasteiger partial charge is 0.335 e. The molecule has 2 rings (SSSR count). The Bertz CT molecular complexity index is 649. The van der Waals surface area contributed by atoms with Crippen LogP contribution < -0.4 is 4.72 Å². The molecular formula is C13H16BrNO5S. The van der Waals surface area contributed by atoms with Crippen molar-refractivity contribution in [2.45, 2.75) is 24.9 Å². The van der Waals surface area contributed by atoms with Crippen molar-refractivity contribution in [1.29, 1.82) is 0 Å². The number of sulfonamides is 1. The summed E-state index contributed by atoms with van der Waals surface area (Å²) in [6.07, 6.45) is 2.37. The fourth-order valence-electron chi connectivity index (χ4n) is 2.31. The van der Waals surface area contributed by atoms with E-state index in [0.29, 0.717) is 17.3 Å². The van der Waals surface area contributed by atoms with Gasteiger partial charge in [-0.1, -0.05) is 15.9 Å². The molecule has 1 aliphatic rings. The Morgan fingerprint density at radius 1 is 1.43 bits per heavy atom. The van der Waals surface area contributed by atoms with Gasteiger partial charge in [0.15, 0.2) is 0 Å². The molecule has 0 radical (unpaired) electrons. The summed E-state index contributed by atoms with van der Waals surface area (Å²) >= 11 is 3.17. The molecule has 21 heavy (non-hydrogen) atoms. The predicted octanol–water partition coefficient (Wildman–Crippen LogP) is 2.46. The van der Waals surface area contributed by atoms with Crippen molar-refractivity contribution in [3.63, 3.8) is 0 Å². The van der Waals surface area contributed by atoms with Gasteiger partial charge >= 0.3 is 5.97 Å². The number of nitrogens with one attached hydrogen (secondary N) is 1. The zero-order valence-electron chi connectivity index (χ0n) is 11.4. The van der Waals surface area contributed by atoms with E-state index < -0.39 is 21.6 Å². The maximum atomic E-state index is 12.2. The zero-order valence-corrected chi connectivity index (χ0v) is 13.8. The third-order valence-corrected chi connectivity index (χ3v) is 5.48. The summed E-state index contributed by atoms with van der Waals surface area (Å²) in [5, 5.41) is 8.99. The molecule has 1 saturated carbocycles. The SMILES string of the molecule is COC1(CS(=O)(=O)Nc2cc(Br)cc(C(=O)O)c2)CCC1. The zero-order chi connectivity index (χ0) is 15.7. The number of anilines is 1. The van der Waals surface area contributed by atoms with Crippen LogP contribution in [0.3, 0.4) is 0 Å².